The third-order valence-corrected chi connectivity index (χ3v) is 1.89. The average Bonchev–Trinajstić information content (AvgIpc) is 2.21. The lowest BCUT2D eigenvalue weighted by molar-refractivity contribution is -0.274. The third kappa shape index (κ3) is 4.78. The Hall–Kier alpha value is -1.69. The van der Waals surface area contributed by atoms with Crippen LogP contribution in [0.1, 0.15) is 5.56 Å². The highest BCUT2D eigenvalue weighted by Crippen LogP contribution is 2.29. The van der Waals surface area contributed by atoms with Gasteiger partial charge in [-0.3, -0.25) is 0 Å². The molecule has 0 amide bonds. The summed E-state index contributed by atoms with van der Waals surface area (Å²) in [6.45, 7) is 0.667. The van der Waals surface area contributed by atoms with Crippen molar-refractivity contribution < 1.29 is 17.9 Å². The summed E-state index contributed by atoms with van der Waals surface area (Å²) in [7, 11) is 1.79. The number of benzene rings is 1. The molecule has 3 nitrogen and oxygen atoms in total. The van der Waals surface area contributed by atoms with Crippen LogP contribution in [-0.2, 0) is 0 Å². The van der Waals surface area contributed by atoms with Gasteiger partial charge < -0.3 is 15.8 Å². The molecule has 6 heteroatoms. The summed E-state index contributed by atoms with van der Waals surface area (Å²) < 4.78 is 39.7. The molecular weight excluding hydrogens is 233 g/mol. The normalized spacial score (nSPS) is 12.0. The lowest BCUT2D eigenvalue weighted by Crippen LogP contribution is -2.18. The molecule has 0 heterocycles. The number of rotatable bonds is 4. The summed E-state index contributed by atoms with van der Waals surface area (Å²) in [4.78, 5) is 0. The first-order chi connectivity index (χ1) is 7.92. The smallest absolute Gasteiger partial charge is 0.404 e. The fourth-order valence-electron chi connectivity index (χ4n) is 1.20. The van der Waals surface area contributed by atoms with Crippen molar-refractivity contribution in [2.24, 2.45) is 0 Å². The van der Waals surface area contributed by atoms with Gasteiger partial charge in [-0.1, -0.05) is 18.2 Å². The number of nitrogen functional groups attached to an aromatic ring is 1. The van der Waals surface area contributed by atoms with Gasteiger partial charge in [-0.05, 0) is 24.7 Å². The first-order valence-corrected chi connectivity index (χ1v) is 4.89. The van der Waals surface area contributed by atoms with Crippen molar-refractivity contribution in [3.05, 3.63) is 29.8 Å². The molecule has 0 saturated heterocycles. The van der Waals surface area contributed by atoms with E-state index in [1.807, 2.05) is 6.08 Å². The second kappa shape index (κ2) is 5.58. The molecule has 0 spiro atoms. The van der Waals surface area contributed by atoms with Crippen LogP contribution in [0.5, 0.6) is 5.75 Å². The minimum absolute atomic E-state index is 0.0473. The van der Waals surface area contributed by atoms with E-state index in [1.165, 1.54) is 18.2 Å². The van der Waals surface area contributed by atoms with Crippen molar-refractivity contribution >= 4 is 11.8 Å². The van der Waals surface area contributed by atoms with Crippen molar-refractivity contribution in [1.29, 1.82) is 0 Å². The summed E-state index contributed by atoms with van der Waals surface area (Å²) >= 11 is 0. The largest absolute Gasteiger partial charge is 0.573 e. The Balaban J connectivity index is 2.79. The van der Waals surface area contributed by atoms with Crippen LogP contribution < -0.4 is 15.8 Å². The minimum Gasteiger partial charge on any atom is -0.404 e. The summed E-state index contributed by atoms with van der Waals surface area (Å²) in [6, 6.07) is 4.12. The van der Waals surface area contributed by atoms with Crippen LogP contribution in [0.3, 0.4) is 0 Å². The van der Waals surface area contributed by atoms with E-state index < -0.39 is 6.36 Å². The Morgan fingerprint density at radius 1 is 1.41 bits per heavy atom. The fraction of sp³-hybridized carbons (Fsp3) is 0.273. The topological polar surface area (TPSA) is 47.3 Å². The molecule has 0 aliphatic heterocycles. The van der Waals surface area contributed by atoms with Gasteiger partial charge in [0.05, 0.1) is 5.69 Å². The number of alkyl halides is 3. The fourth-order valence-corrected chi connectivity index (χ4v) is 1.20. The Morgan fingerprint density at radius 2 is 2.12 bits per heavy atom. The van der Waals surface area contributed by atoms with E-state index in [4.69, 9.17) is 5.73 Å². The van der Waals surface area contributed by atoms with Crippen LogP contribution in [0, 0.1) is 0 Å². The molecule has 0 aromatic heterocycles. The maximum Gasteiger partial charge on any atom is 0.573 e. The van der Waals surface area contributed by atoms with Crippen molar-refractivity contribution in [2.45, 2.75) is 6.36 Å². The third-order valence-electron chi connectivity index (χ3n) is 1.89. The molecule has 1 aromatic carbocycles. The van der Waals surface area contributed by atoms with Gasteiger partial charge in [0.2, 0.25) is 0 Å². The first kappa shape index (κ1) is 13.4. The zero-order valence-electron chi connectivity index (χ0n) is 9.21. The second-order valence-corrected chi connectivity index (χ2v) is 3.31. The molecule has 0 saturated carbocycles. The summed E-state index contributed by atoms with van der Waals surface area (Å²) in [5.41, 5.74) is 6.13. The average molecular weight is 246 g/mol. The number of nitrogens with two attached hydrogens (primary N) is 1. The van der Waals surface area contributed by atoms with Crippen molar-refractivity contribution in [3.63, 3.8) is 0 Å². The van der Waals surface area contributed by atoms with E-state index in [2.05, 4.69) is 10.1 Å². The Bertz CT molecular complexity index is 402. The molecule has 0 radical (unpaired) electrons. The first-order valence-electron chi connectivity index (χ1n) is 4.89. The number of nitrogens with one attached hydrogen (secondary N) is 1. The SMILES string of the molecule is CNCC=Cc1ccc(OC(F)(F)F)c(N)c1. The summed E-state index contributed by atoms with van der Waals surface area (Å²) in [5, 5.41) is 2.90. The molecule has 0 unspecified atom stereocenters. The van der Waals surface area contributed by atoms with E-state index in [1.54, 1.807) is 13.1 Å². The molecule has 17 heavy (non-hydrogen) atoms. The van der Waals surface area contributed by atoms with Gasteiger partial charge in [-0.25, -0.2) is 0 Å². The van der Waals surface area contributed by atoms with Crippen LogP contribution in [-0.4, -0.2) is 20.0 Å². The number of likely N-dealkylation sites (N-methyl/N-ethyl adjacent to an activating group) is 1. The maximum absolute atomic E-state index is 12.0. The van der Waals surface area contributed by atoms with Gasteiger partial charge >= 0.3 is 6.36 Å². The van der Waals surface area contributed by atoms with E-state index in [-0.39, 0.29) is 11.4 Å². The highest BCUT2D eigenvalue weighted by molar-refractivity contribution is 5.62. The zero-order chi connectivity index (χ0) is 12.9. The standard InChI is InChI=1S/C11H13F3N2O/c1-16-6-2-3-8-4-5-10(9(15)7-8)17-11(12,13)14/h2-5,7,16H,6,15H2,1H3. The Kier molecular flexibility index (Phi) is 4.39. The molecule has 0 atom stereocenters. The van der Waals surface area contributed by atoms with Gasteiger partial charge in [-0.2, -0.15) is 0 Å². The Morgan fingerprint density at radius 3 is 2.65 bits per heavy atom. The molecule has 1 rings (SSSR count). The van der Waals surface area contributed by atoms with Gasteiger partial charge in [0.25, 0.3) is 0 Å². The lowest BCUT2D eigenvalue weighted by Gasteiger charge is -2.11. The summed E-state index contributed by atoms with van der Waals surface area (Å²) in [5.74, 6) is -0.386. The molecule has 0 aliphatic rings. The predicted octanol–water partition coefficient (Wildman–Crippen LogP) is 2.40. The minimum atomic E-state index is -4.72. The maximum atomic E-state index is 12.0. The van der Waals surface area contributed by atoms with Gasteiger partial charge in [0.1, 0.15) is 0 Å². The predicted molar refractivity (Wildman–Crippen MR) is 60.5 cm³/mol. The van der Waals surface area contributed by atoms with E-state index in [9.17, 15) is 13.2 Å². The summed E-state index contributed by atoms with van der Waals surface area (Å²) in [6.07, 6.45) is -1.14. The second-order valence-electron chi connectivity index (χ2n) is 3.31. The van der Waals surface area contributed by atoms with Gasteiger partial charge in [0.15, 0.2) is 5.75 Å². The molecule has 0 bridgehead atoms. The van der Waals surface area contributed by atoms with Gasteiger partial charge in [0, 0.05) is 6.54 Å². The van der Waals surface area contributed by atoms with Crippen molar-refractivity contribution in [1.82, 2.24) is 5.32 Å². The lowest BCUT2D eigenvalue weighted by atomic mass is 10.2. The number of halogens is 3. The highest BCUT2D eigenvalue weighted by Gasteiger charge is 2.31. The van der Waals surface area contributed by atoms with Gasteiger partial charge in [-0.15, -0.1) is 13.2 Å². The van der Waals surface area contributed by atoms with Crippen LogP contribution >= 0.6 is 0 Å². The molecule has 1 aromatic rings. The Labute approximate surface area is 97.1 Å². The van der Waals surface area contributed by atoms with E-state index >= 15 is 0 Å². The number of hydrogen-bond donors (Lipinski definition) is 2. The van der Waals surface area contributed by atoms with Crippen molar-refractivity contribution in [3.8, 4) is 5.75 Å². The molecule has 3 N–H and O–H groups in total. The van der Waals surface area contributed by atoms with Crippen LogP contribution in [0.2, 0.25) is 0 Å². The molecule has 0 fully saturated rings. The van der Waals surface area contributed by atoms with Crippen LogP contribution in [0.4, 0.5) is 18.9 Å². The van der Waals surface area contributed by atoms with E-state index in [0.717, 1.165) is 0 Å². The van der Waals surface area contributed by atoms with Crippen LogP contribution in [0.25, 0.3) is 6.08 Å². The number of ether oxygens (including phenoxy) is 1. The quantitative estimate of drug-likeness (QED) is 0.802. The van der Waals surface area contributed by atoms with Crippen LogP contribution in [0.15, 0.2) is 24.3 Å². The monoisotopic (exact) mass is 246 g/mol. The molecular formula is C11H13F3N2O. The molecule has 94 valence electrons. The van der Waals surface area contributed by atoms with Crippen molar-refractivity contribution in [2.75, 3.05) is 19.3 Å². The number of anilines is 1. The molecule has 0 aliphatic carbocycles. The zero-order valence-corrected chi connectivity index (χ0v) is 9.21. The highest BCUT2D eigenvalue weighted by atomic mass is 19.4. The number of hydrogen-bond acceptors (Lipinski definition) is 3. The van der Waals surface area contributed by atoms with E-state index in [0.29, 0.717) is 12.1 Å².